The van der Waals surface area contributed by atoms with Crippen molar-refractivity contribution in [2.45, 2.75) is 24.7 Å². The van der Waals surface area contributed by atoms with Gasteiger partial charge >= 0.3 is 0 Å². The second-order valence-electron chi connectivity index (χ2n) is 6.75. The van der Waals surface area contributed by atoms with Crippen molar-refractivity contribution in [3.05, 3.63) is 66.6 Å². The Bertz CT molecular complexity index is 907. The first-order valence-corrected chi connectivity index (χ1v) is 8.40. The van der Waals surface area contributed by atoms with Crippen LogP contribution in [0.15, 0.2) is 60.1 Å². The molecule has 7 heteroatoms. The first kappa shape index (κ1) is 16.4. The summed E-state index contributed by atoms with van der Waals surface area (Å²) in [6.07, 6.45) is 10.3. The number of rotatable bonds is 5. The normalized spacial score (nSPS) is 23.2. The number of aliphatic imine (C=N–C) groups is 1. The second kappa shape index (κ2) is 6.01. The fourth-order valence-corrected chi connectivity index (χ4v) is 3.58. The fourth-order valence-electron chi connectivity index (χ4n) is 3.58. The summed E-state index contributed by atoms with van der Waals surface area (Å²) in [6, 6.07) is 6.44. The lowest BCUT2D eigenvalue weighted by Gasteiger charge is -2.13. The van der Waals surface area contributed by atoms with Gasteiger partial charge in [0, 0.05) is 30.5 Å². The van der Waals surface area contributed by atoms with Crippen molar-refractivity contribution in [3.63, 3.8) is 0 Å². The minimum atomic E-state index is -0.963. The molecule has 0 radical (unpaired) electrons. The third-order valence-electron chi connectivity index (χ3n) is 5.18. The topological polar surface area (TPSA) is 93.3 Å². The number of carbonyl (C=O) groups is 1. The van der Waals surface area contributed by atoms with E-state index in [9.17, 15) is 9.18 Å². The molecule has 2 fully saturated rings. The van der Waals surface area contributed by atoms with Crippen LogP contribution in [-0.4, -0.2) is 21.7 Å². The fraction of sp³-hybridized carbons (Fsp3) is 0.263. The van der Waals surface area contributed by atoms with Crippen molar-refractivity contribution >= 4 is 17.4 Å². The molecule has 0 aliphatic heterocycles. The van der Waals surface area contributed by atoms with Gasteiger partial charge in [-0.15, -0.1) is 0 Å². The predicted molar refractivity (Wildman–Crippen MR) is 95.8 cm³/mol. The molecule has 1 unspecified atom stereocenters. The molecule has 2 heterocycles. The summed E-state index contributed by atoms with van der Waals surface area (Å²) in [6.45, 7) is 0. The maximum absolute atomic E-state index is 14.3. The number of hydrogen-bond donors (Lipinski definition) is 2. The summed E-state index contributed by atoms with van der Waals surface area (Å²) >= 11 is 0. The van der Waals surface area contributed by atoms with Crippen molar-refractivity contribution < 1.29 is 9.18 Å². The summed E-state index contributed by atoms with van der Waals surface area (Å²) in [5.74, 6) is -0.818. The molecule has 1 amide bonds. The van der Waals surface area contributed by atoms with E-state index in [1.54, 1.807) is 30.7 Å². The Kier molecular flexibility index (Phi) is 3.79. The van der Waals surface area contributed by atoms with Crippen molar-refractivity contribution in [2.24, 2.45) is 16.1 Å². The monoisotopic (exact) mass is 351 g/mol. The number of hydrogen-bond acceptors (Lipinski definition) is 4. The SMILES string of the molecule is NC(/C=C\Nc1ccncc1)=NC(=O)C1(c2ncccc2F)CC12CC2. The van der Waals surface area contributed by atoms with E-state index < -0.39 is 17.1 Å². The summed E-state index contributed by atoms with van der Waals surface area (Å²) in [4.78, 5) is 24.9. The quantitative estimate of drug-likeness (QED) is 0.638. The number of nitrogens with zero attached hydrogens (tertiary/aromatic N) is 3. The van der Waals surface area contributed by atoms with Crippen molar-refractivity contribution in [1.29, 1.82) is 0 Å². The number of halogens is 1. The average molecular weight is 351 g/mol. The van der Waals surface area contributed by atoms with E-state index in [1.165, 1.54) is 24.4 Å². The summed E-state index contributed by atoms with van der Waals surface area (Å²) < 4.78 is 14.3. The third kappa shape index (κ3) is 2.65. The Morgan fingerprint density at radius 2 is 2.04 bits per heavy atom. The van der Waals surface area contributed by atoms with Gasteiger partial charge in [0.2, 0.25) is 0 Å². The Morgan fingerprint density at radius 1 is 1.27 bits per heavy atom. The molecule has 3 N–H and O–H groups in total. The van der Waals surface area contributed by atoms with Crippen LogP contribution >= 0.6 is 0 Å². The van der Waals surface area contributed by atoms with Gasteiger partial charge in [-0.3, -0.25) is 14.8 Å². The van der Waals surface area contributed by atoms with Gasteiger partial charge in [0.25, 0.3) is 5.91 Å². The zero-order valence-corrected chi connectivity index (χ0v) is 14.0. The van der Waals surface area contributed by atoms with Gasteiger partial charge < -0.3 is 11.1 Å². The second-order valence-corrected chi connectivity index (χ2v) is 6.75. The zero-order chi connectivity index (χ0) is 18.2. The molecule has 1 atom stereocenters. The average Bonchev–Trinajstić information content (AvgIpc) is 3.55. The highest BCUT2D eigenvalue weighted by Crippen LogP contribution is 2.79. The molecule has 2 aliphatic carbocycles. The Hall–Kier alpha value is -3.09. The molecule has 0 aromatic carbocycles. The Balaban J connectivity index is 1.53. The van der Waals surface area contributed by atoms with Crippen molar-refractivity contribution in [1.82, 2.24) is 9.97 Å². The first-order valence-electron chi connectivity index (χ1n) is 8.40. The molecule has 132 valence electrons. The van der Waals surface area contributed by atoms with E-state index in [0.29, 0.717) is 6.42 Å². The molecule has 26 heavy (non-hydrogen) atoms. The summed E-state index contributed by atoms with van der Waals surface area (Å²) in [5.41, 5.74) is 5.75. The van der Waals surface area contributed by atoms with Crippen LogP contribution in [0, 0.1) is 11.2 Å². The number of anilines is 1. The Labute approximate surface area is 150 Å². The Morgan fingerprint density at radius 3 is 2.69 bits per heavy atom. The molecule has 0 saturated heterocycles. The summed E-state index contributed by atoms with van der Waals surface area (Å²) in [7, 11) is 0. The smallest absolute Gasteiger partial charge is 0.260 e. The first-order chi connectivity index (χ1) is 12.6. The van der Waals surface area contributed by atoms with E-state index >= 15 is 0 Å². The lowest BCUT2D eigenvalue weighted by molar-refractivity contribution is -0.120. The minimum Gasteiger partial charge on any atom is -0.384 e. The molecular formula is C19H18FN5O. The van der Waals surface area contributed by atoms with Crippen LogP contribution < -0.4 is 11.1 Å². The lowest BCUT2D eigenvalue weighted by Crippen LogP contribution is -2.27. The molecule has 2 saturated carbocycles. The van der Waals surface area contributed by atoms with Crippen LogP contribution in [0.3, 0.4) is 0 Å². The number of amidine groups is 1. The van der Waals surface area contributed by atoms with Gasteiger partial charge in [0.05, 0.1) is 5.69 Å². The maximum atomic E-state index is 14.3. The summed E-state index contributed by atoms with van der Waals surface area (Å²) in [5, 5.41) is 3.01. The number of nitrogens with one attached hydrogen (secondary N) is 1. The van der Waals surface area contributed by atoms with Crippen LogP contribution in [0.1, 0.15) is 25.0 Å². The molecule has 0 bridgehead atoms. The standard InChI is InChI=1S/C19H18FN5O/c20-14-2-1-8-24-16(14)19(12-18(19)6-7-18)17(26)25-15(21)5-11-23-13-3-9-22-10-4-13/h1-5,8-11H,6-7,12H2,(H,22,23)(H2,21,25,26)/b11-5-. The molecule has 4 rings (SSSR count). The maximum Gasteiger partial charge on any atom is 0.260 e. The number of aromatic nitrogens is 2. The molecule has 2 aromatic rings. The van der Waals surface area contributed by atoms with Gasteiger partial charge in [0.15, 0.2) is 0 Å². The molecule has 2 aliphatic rings. The zero-order valence-electron chi connectivity index (χ0n) is 14.0. The number of pyridine rings is 2. The molecule has 6 nitrogen and oxygen atoms in total. The minimum absolute atomic E-state index is 0.0648. The van der Waals surface area contributed by atoms with Crippen molar-refractivity contribution in [2.75, 3.05) is 5.32 Å². The predicted octanol–water partition coefficient (Wildman–Crippen LogP) is 2.55. The van der Waals surface area contributed by atoms with Crippen LogP contribution in [0.2, 0.25) is 0 Å². The van der Waals surface area contributed by atoms with Gasteiger partial charge in [-0.25, -0.2) is 4.39 Å². The highest BCUT2D eigenvalue weighted by Gasteiger charge is 2.79. The van der Waals surface area contributed by atoms with E-state index in [4.69, 9.17) is 5.73 Å². The molecular weight excluding hydrogens is 333 g/mol. The highest BCUT2D eigenvalue weighted by atomic mass is 19.1. The van der Waals surface area contributed by atoms with Gasteiger partial charge in [0.1, 0.15) is 17.1 Å². The van der Waals surface area contributed by atoms with Crippen LogP contribution in [-0.2, 0) is 10.2 Å². The highest BCUT2D eigenvalue weighted by molar-refractivity contribution is 6.05. The van der Waals surface area contributed by atoms with Gasteiger partial charge in [-0.1, -0.05) is 0 Å². The molecule has 1 spiro atoms. The largest absolute Gasteiger partial charge is 0.384 e. The number of carbonyl (C=O) groups excluding carboxylic acids is 1. The van der Waals surface area contributed by atoms with Gasteiger partial charge in [-0.05, 0) is 55.0 Å². The van der Waals surface area contributed by atoms with Crippen molar-refractivity contribution in [3.8, 4) is 0 Å². The number of amides is 1. The third-order valence-corrected chi connectivity index (χ3v) is 5.18. The van der Waals surface area contributed by atoms with E-state index in [1.807, 2.05) is 0 Å². The van der Waals surface area contributed by atoms with Crippen LogP contribution in [0.25, 0.3) is 0 Å². The van der Waals surface area contributed by atoms with Crippen LogP contribution in [0.5, 0.6) is 0 Å². The number of nitrogens with two attached hydrogens (primary N) is 1. The van der Waals surface area contributed by atoms with Crippen LogP contribution in [0.4, 0.5) is 10.1 Å². The van der Waals surface area contributed by atoms with E-state index in [-0.39, 0.29) is 16.9 Å². The van der Waals surface area contributed by atoms with Gasteiger partial charge in [-0.2, -0.15) is 4.99 Å². The molecule has 2 aromatic heterocycles. The van der Waals surface area contributed by atoms with E-state index in [0.717, 1.165) is 18.5 Å². The van der Waals surface area contributed by atoms with E-state index in [2.05, 4.69) is 20.3 Å². The lowest BCUT2D eigenvalue weighted by atomic mass is 9.95.